The maximum atomic E-state index is 12.5. The average Bonchev–Trinajstić information content (AvgIpc) is 3.29. The summed E-state index contributed by atoms with van der Waals surface area (Å²) in [4.78, 5) is 16.9. The molecule has 0 radical (unpaired) electrons. The lowest BCUT2D eigenvalue weighted by Gasteiger charge is -2.12. The SMILES string of the molecule is O=c1c2ccccc2nc(CCl)n1CCOCC1CC1. The summed E-state index contributed by atoms with van der Waals surface area (Å²) < 4.78 is 7.22. The zero-order valence-electron chi connectivity index (χ0n) is 11.2. The normalized spacial score (nSPS) is 14.8. The average molecular weight is 293 g/mol. The molecule has 0 N–H and O–H groups in total. The van der Waals surface area contributed by atoms with Crippen molar-refractivity contribution >= 4 is 22.5 Å². The summed E-state index contributed by atoms with van der Waals surface area (Å²) in [5.74, 6) is 1.56. The fraction of sp³-hybridized carbons (Fsp3) is 0.467. The van der Waals surface area contributed by atoms with E-state index in [2.05, 4.69) is 4.98 Å². The van der Waals surface area contributed by atoms with E-state index in [-0.39, 0.29) is 11.4 Å². The van der Waals surface area contributed by atoms with Crippen LogP contribution in [0.3, 0.4) is 0 Å². The van der Waals surface area contributed by atoms with Crippen molar-refractivity contribution in [2.24, 2.45) is 5.92 Å². The molecule has 1 aromatic carbocycles. The van der Waals surface area contributed by atoms with Crippen molar-refractivity contribution < 1.29 is 4.74 Å². The smallest absolute Gasteiger partial charge is 0.261 e. The van der Waals surface area contributed by atoms with Crippen LogP contribution in [0.2, 0.25) is 0 Å². The molecule has 0 spiro atoms. The van der Waals surface area contributed by atoms with Crippen molar-refractivity contribution in [1.82, 2.24) is 9.55 Å². The molecule has 1 fully saturated rings. The number of aromatic nitrogens is 2. The number of alkyl halides is 1. The highest BCUT2D eigenvalue weighted by molar-refractivity contribution is 6.16. The standard InChI is InChI=1S/C15H17ClN2O2/c16-9-14-17-13-4-2-1-3-12(13)15(19)18(14)7-8-20-10-11-5-6-11/h1-4,11H,5-10H2. The number of halogens is 1. The van der Waals surface area contributed by atoms with Crippen LogP contribution in [0.1, 0.15) is 18.7 Å². The minimum Gasteiger partial charge on any atom is -0.379 e. The molecule has 1 saturated carbocycles. The largest absolute Gasteiger partial charge is 0.379 e. The lowest BCUT2D eigenvalue weighted by Crippen LogP contribution is -2.27. The van der Waals surface area contributed by atoms with Gasteiger partial charge in [-0.25, -0.2) is 4.98 Å². The molecule has 20 heavy (non-hydrogen) atoms. The Labute approximate surface area is 122 Å². The number of hydrogen-bond donors (Lipinski definition) is 0. The molecule has 3 rings (SSSR count). The van der Waals surface area contributed by atoms with Crippen LogP contribution in [0.15, 0.2) is 29.1 Å². The van der Waals surface area contributed by atoms with Gasteiger partial charge in [0, 0.05) is 6.61 Å². The van der Waals surface area contributed by atoms with Gasteiger partial charge >= 0.3 is 0 Å². The van der Waals surface area contributed by atoms with Gasteiger partial charge < -0.3 is 4.74 Å². The van der Waals surface area contributed by atoms with E-state index in [1.165, 1.54) is 12.8 Å². The predicted octanol–water partition coefficient (Wildman–Crippen LogP) is 2.56. The molecule has 1 aliphatic carbocycles. The van der Waals surface area contributed by atoms with Gasteiger partial charge in [0.25, 0.3) is 5.56 Å². The summed E-state index contributed by atoms with van der Waals surface area (Å²) in [6.45, 7) is 1.83. The Bertz CT molecular complexity index is 664. The zero-order chi connectivity index (χ0) is 13.9. The topological polar surface area (TPSA) is 44.1 Å². The quantitative estimate of drug-likeness (QED) is 0.607. The Morgan fingerprint density at radius 1 is 1.35 bits per heavy atom. The molecule has 0 atom stereocenters. The molecule has 0 aliphatic heterocycles. The molecule has 1 aromatic heterocycles. The minimum absolute atomic E-state index is 0.0405. The van der Waals surface area contributed by atoms with E-state index in [1.54, 1.807) is 10.6 Å². The summed E-state index contributed by atoms with van der Waals surface area (Å²) in [6.07, 6.45) is 2.54. The first-order chi connectivity index (χ1) is 9.79. The van der Waals surface area contributed by atoms with Crippen LogP contribution < -0.4 is 5.56 Å². The van der Waals surface area contributed by atoms with Gasteiger partial charge in [0.05, 0.1) is 29.9 Å². The predicted molar refractivity (Wildman–Crippen MR) is 79.1 cm³/mol. The maximum Gasteiger partial charge on any atom is 0.261 e. The molecular weight excluding hydrogens is 276 g/mol. The van der Waals surface area contributed by atoms with Gasteiger partial charge in [0.1, 0.15) is 5.82 Å². The van der Waals surface area contributed by atoms with Crippen molar-refractivity contribution in [3.05, 3.63) is 40.4 Å². The molecule has 5 heteroatoms. The monoisotopic (exact) mass is 292 g/mol. The number of ether oxygens (including phenoxy) is 1. The highest BCUT2D eigenvalue weighted by Gasteiger charge is 2.21. The van der Waals surface area contributed by atoms with E-state index >= 15 is 0 Å². The van der Waals surface area contributed by atoms with E-state index in [0.717, 1.165) is 12.5 Å². The van der Waals surface area contributed by atoms with Crippen LogP contribution in [-0.4, -0.2) is 22.8 Å². The molecule has 4 nitrogen and oxygen atoms in total. The Balaban J connectivity index is 1.83. The van der Waals surface area contributed by atoms with Crippen LogP contribution in [0.5, 0.6) is 0 Å². The second kappa shape index (κ2) is 5.94. The summed E-state index contributed by atoms with van der Waals surface area (Å²) in [5, 5.41) is 0.628. The number of hydrogen-bond acceptors (Lipinski definition) is 3. The van der Waals surface area contributed by atoms with E-state index < -0.39 is 0 Å². The van der Waals surface area contributed by atoms with E-state index in [4.69, 9.17) is 16.3 Å². The zero-order valence-corrected chi connectivity index (χ0v) is 12.0. The number of rotatable bonds is 6. The number of benzene rings is 1. The van der Waals surface area contributed by atoms with Gasteiger partial charge in [-0.15, -0.1) is 11.6 Å². The van der Waals surface area contributed by atoms with Crippen molar-refractivity contribution in [3.63, 3.8) is 0 Å². The fourth-order valence-corrected chi connectivity index (χ4v) is 2.44. The van der Waals surface area contributed by atoms with E-state index in [1.807, 2.05) is 18.2 Å². The molecule has 0 amide bonds. The number of fused-ring (bicyclic) bond motifs is 1. The van der Waals surface area contributed by atoms with Crippen molar-refractivity contribution in [2.45, 2.75) is 25.3 Å². The Morgan fingerprint density at radius 2 is 2.15 bits per heavy atom. The summed E-state index contributed by atoms with van der Waals surface area (Å²) >= 11 is 5.91. The van der Waals surface area contributed by atoms with Gasteiger partial charge in [0.15, 0.2) is 0 Å². The van der Waals surface area contributed by atoms with Crippen molar-refractivity contribution in [2.75, 3.05) is 13.2 Å². The van der Waals surface area contributed by atoms with Crippen LogP contribution >= 0.6 is 11.6 Å². The maximum absolute atomic E-state index is 12.5. The lowest BCUT2D eigenvalue weighted by atomic mass is 10.2. The fourth-order valence-electron chi connectivity index (χ4n) is 2.24. The van der Waals surface area contributed by atoms with Gasteiger partial charge in [-0.2, -0.15) is 0 Å². The first-order valence-corrected chi connectivity index (χ1v) is 7.45. The van der Waals surface area contributed by atoms with Gasteiger partial charge in [-0.05, 0) is 30.9 Å². The highest BCUT2D eigenvalue weighted by Crippen LogP contribution is 2.28. The second-order valence-electron chi connectivity index (χ2n) is 5.15. The second-order valence-corrected chi connectivity index (χ2v) is 5.42. The van der Waals surface area contributed by atoms with E-state index in [9.17, 15) is 4.79 Å². The Hall–Kier alpha value is -1.39. The molecule has 0 bridgehead atoms. The summed E-state index contributed by atoms with van der Waals surface area (Å²) in [5.41, 5.74) is 0.657. The van der Waals surface area contributed by atoms with Crippen LogP contribution in [-0.2, 0) is 17.2 Å². The van der Waals surface area contributed by atoms with Crippen LogP contribution in [0.25, 0.3) is 10.9 Å². The molecule has 1 aliphatic rings. The summed E-state index contributed by atoms with van der Waals surface area (Å²) in [7, 11) is 0. The molecule has 0 unspecified atom stereocenters. The minimum atomic E-state index is -0.0405. The Kier molecular flexibility index (Phi) is 4.03. The third-order valence-electron chi connectivity index (χ3n) is 3.57. The molecule has 2 aromatic rings. The Morgan fingerprint density at radius 3 is 2.90 bits per heavy atom. The molecule has 1 heterocycles. The van der Waals surface area contributed by atoms with E-state index in [0.29, 0.717) is 29.9 Å². The number of nitrogens with zero attached hydrogens (tertiary/aromatic N) is 2. The first-order valence-electron chi connectivity index (χ1n) is 6.92. The summed E-state index contributed by atoms with van der Waals surface area (Å²) in [6, 6.07) is 7.35. The number of para-hydroxylation sites is 1. The van der Waals surface area contributed by atoms with Gasteiger partial charge in [-0.3, -0.25) is 9.36 Å². The highest BCUT2D eigenvalue weighted by atomic mass is 35.5. The van der Waals surface area contributed by atoms with Gasteiger partial charge in [0.2, 0.25) is 0 Å². The van der Waals surface area contributed by atoms with Crippen LogP contribution in [0.4, 0.5) is 0 Å². The van der Waals surface area contributed by atoms with Crippen molar-refractivity contribution in [3.8, 4) is 0 Å². The lowest BCUT2D eigenvalue weighted by molar-refractivity contribution is 0.115. The third-order valence-corrected chi connectivity index (χ3v) is 3.81. The van der Waals surface area contributed by atoms with Crippen LogP contribution in [0, 0.1) is 5.92 Å². The van der Waals surface area contributed by atoms with Gasteiger partial charge in [-0.1, -0.05) is 12.1 Å². The molecule has 0 saturated heterocycles. The molecular formula is C15H17ClN2O2. The third kappa shape index (κ3) is 2.86. The first kappa shape index (κ1) is 13.6. The molecule has 106 valence electrons. The van der Waals surface area contributed by atoms with Crippen molar-refractivity contribution in [1.29, 1.82) is 0 Å².